The van der Waals surface area contributed by atoms with Crippen LogP contribution in [0, 0.1) is 0 Å². The van der Waals surface area contributed by atoms with Gasteiger partial charge in [-0.15, -0.1) is 0 Å². The minimum atomic E-state index is -3.59. The smallest absolute Gasteiger partial charge is 0.244 e. The van der Waals surface area contributed by atoms with Crippen LogP contribution in [0.5, 0.6) is 5.75 Å². The summed E-state index contributed by atoms with van der Waals surface area (Å²) in [5.41, 5.74) is 0. The van der Waals surface area contributed by atoms with E-state index >= 15 is 0 Å². The van der Waals surface area contributed by atoms with Crippen LogP contribution in [-0.2, 0) is 10.0 Å². The summed E-state index contributed by atoms with van der Waals surface area (Å²) >= 11 is 5.84. The van der Waals surface area contributed by atoms with E-state index < -0.39 is 10.0 Å². The van der Waals surface area contributed by atoms with E-state index in [4.69, 9.17) is 16.3 Å². The van der Waals surface area contributed by atoms with Gasteiger partial charge in [0.05, 0.1) is 7.11 Å². The Balaban J connectivity index is 2.09. The van der Waals surface area contributed by atoms with E-state index in [0.717, 1.165) is 25.8 Å². The summed E-state index contributed by atoms with van der Waals surface area (Å²) in [6.07, 6.45) is 3.26. The van der Waals surface area contributed by atoms with Crippen molar-refractivity contribution in [3.05, 3.63) is 23.2 Å². The van der Waals surface area contributed by atoms with Crippen molar-refractivity contribution in [1.82, 2.24) is 10.0 Å². The Morgan fingerprint density at radius 3 is 2.90 bits per heavy atom. The fraction of sp³-hybridized carbons (Fsp3) is 0.538. The van der Waals surface area contributed by atoms with Gasteiger partial charge in [0, 0.05) is 23.7 Å². The van der Waals surface area contributed by atoms with E-state index in [1.54, 1.807) is 0 Å². The van der Waals surface area contributed by atoms with E-state index in [1.807, 2.05) is 0 Å². The Morgan fingerprint density at radius 2 is 2.25 bits per heavy atom. The summed E-state index contributed by atoms with van der Waals surface area (Å²) in [7, 11) is -2.17. The molecular formula is C13H19ClN2O3S. The van der Waals surface area contributed by atoms with Crippen molar-refractivity contribution in [2.45, 2.75) is 30.2 Å². The van der Waals surface area contributed by atoms with Crippen LogP contribution >= 0.6 is 11.6 Å². The van der Waals surface area contributed by atoms with Gasteiger partial charge in [0.1, 0.15) is 10.6 Å². The molecule has 1 fully saturated rings. The topological polar surface area (TPSA) is 67.4 Å². The molecule has 1 saturated heterocycles. The Bertz CT molecular complexity index is 557. The van der Waals surface area contributed by atoms with E-state index in [-0.39, 0.29) is 16.7 Å². The third kappa shape index (κ3) is 3.85. The minimum absolute atomic E-state index is 0.111. The number of piperidine rings is 1. The standard InChI is InChI=1S/C13H19ClN2O3S/c1-19-12-8-10(14)5-6-13(12)20(17,18)16-9-11-4-2-3-7-15-11/h5-6,8,11,15-16H,2-4,7,9H2,1H3. The highest BCUT2D eigenvalue weighted by Gasteiger charge is 2.21. The molecule has 1 aliphatic heterocycles. The number of nitrogens with one attached hydrogen (secondary N) is 2. The van der Waals surface area contributed by atoms with Gasteiger partial charge in [-0.2, -0.15) is 0 Å². The quantitative estimate of drug-likeness (QED) is 0.868. The van der Waals surface area contributed by atoms with Gasteiger partial charge in [-0.1, -0.05) is 18.0 Å². The number of benzene rings is 1. The van der Waals surface area contributed by atoms with Gasteiger partial charge in [0.25, 0.3) is 0 Å². The summed E-state index contributed by atoms with van der Waals surface area (Å²) in [6, 6.07) is 4.68. The fourth-order valence-electron chi connectivity index (χ4n) is 2.25. The summed E-state index contributed by atoms with van der Waals surface area (Å²) in [5, 5.41) is 3.74. The highest BCUT2D eigenvalue weighted by molar-refractivity contribution is 7.89. The van der Waals surface area contributed by atoms with Crippen molar-refractivity contribution in [1.29, 1.82) is 0 Å². The monoisotopic (exact) mass is 318 g/mol. The van der Waals surface area contributed by atoms with Gasteiger partial charge in [-0.05, 0) is 31.5 Å². The van der Waals surface area contributed by atoms with Crippen molar-refractivity contribution >= 4 is 21.6 Å². The highest BCUT2D eigenvalue weighted by atomic mass is 35.5. The van der Waals surface area contributed by atoms with Crippen LogP contribution in [0.1, 0.15) is 19.3 Å². The summed E-state index contributed by atoms with van der Waals surface area (Å²) in [5.74, 6) is 0.251. The molecule has 1 atom stereocenters. The number of sulfonamides is 1. The summed E-state index contributed by atoms with van der Waals surface area (Å²) < 4.78 is 32.3. The molecule has 20 heavy (non-hydrogen) atoms. The molecule has 1 aromatic carbocycles. The third-order valence-corrected chi connectivity index (χ3v) is 5.05. The van der Waals surface area contributed by atoms with Crippen LogP contribution in [0.2, 0.25) is 5.02 Å². The lowest BCUT2D eigenvalue weighted by molar-refractivity contribution is 0.394. The molecule has 2 rings (SSSR count). The molecule has 2 N–H and O–H groups in total. The number of rotatable bonds is 5. The molecule has 0 saturated carbocycles. The van der Waals surface area contributed by atoms with E-state index in [2.05, 4.69) is 10.0 Å². The molecular weight excluding hydrogens is 300 g/mol. The van der Waals surface area contributed by atoms with Crippen molar-refractivity contribution in [3.8, 4) is 5.75 Å². The van der Waals surface area contributed by atoms with Gasteiger partial charge in [0.15, 0.2) is 0 Å². The van der Waals surface area contributed by atoms with Crippen molar-refractivity contribution in [2.24, 2.45) is 0 Å². The number of hydrogen-bond donors (Lipinski definition) is 2. The SMILES string of the molecule is COc1cc(Cl)ccc1S(=O)(=O)NCC1CCCCN1. The molecule has 7 heteroatoms. The number of hydrogen-bond acceptors (Lipinski definition) is 4. The first-order valence-corrected chi connectivity index (χ1v) is 8.45. The lowest BCUT2D eigenvalue weighted by Gasteiger charge is -2.23. The summed E-state index contributed by atoms with van der Waals surface area (Å²) in [6.45, 7) is 1.32. The fourth-order valence-corrected chi connectivity index (χ4v) is 3.64. The second kappa shape index (κ2) is 6.76. The maximum absolute atomic E-state index is 12.3. The first kappa shape index (κ1) is 15.6. The van der Waals surface area contributed by atoms with Crippen LogP contribution < -0.4 is 14.8 Å². The van der Waals surface area contributed by atoms with E-state index in [0.29, 0.717) is 11.6 Å². The molecule has 112 valence electrons. The van der Waals surface area contributed by atoms with Gasteiger partial charge < -0.3 is 10.1 Å². The molecule has 1 aliphatic rings. The van der Waals surface area contributed by atoms with Gasteiger partial charge in [-0.25, -0.2) is 13.1 Å². The minimum Gasteiger partial charge on any atom is -0.495 e. The predicted octanol–water partition coefficient (Wildman–Crippen LogP) is 1.77. The molecule has 1 heterocycles. The van der Waals surface area contributed by atoms with Crippen LogP contribution in [0.3, 0.4) is 0 Å². The molecule has 0 amide bonds. The van der Waals surface area contributed by atoms with Crippen LogP contribution in [0.15, 0.2) is 23.1 Å². The maximum Gasteiger partial charge on any atom is 0.244 e. The van der Waals surface area contributed by atoms with Crippen molar-refractivity contribution < 1.29 is 13.2 Å². The molecule has 1 unspecified atom stereocenters. The average molecular weight is 319 g/mol. The second-order valence-electron chi connectivity index (χ2n) is 4.79. The van der Waals surface area contributed by atoms with Gasteiger partial charge in [0.2, 0.25) is 10.0 Å². The van der Waals surface area contributed by atoms with Crippen molar-refractivity contribution in [2.75, 3.05) is 20.2 Å². The highest BCUT2D eigenvalue weighted by Crippen LogP contribution is 2.27. The van der Waals surface area contributed by atoms with Gasteiger partial charge in [-0.3, -0.25) is 0 Å². The Labute approximate surface area is 124 Å². The summed E-state index contributed by atoms with van der Waals surface area (Å²) in [4.78, 5) is 0.111. The lowest BCUT2D eigenvalue weighted by atomic mass is 10.1. The van der Waals surface area contributed by atoms with Crippen molar-refractivity contribution in [3.63, 3.8) is 0 Å². The van der Waals surface area contributed by atoms with Crippen LogP contribution in [0.25, 0.3) is 0 Å². The zero-order valence-electron chi connectivity index (χ0n) is 11.4. The Hall–Kier alpha value is -0.820. The molecule has 1 aromatic rings. The predicted molar refractivity (Wildman–Crippen MR) is 78.8 cm³/mol. The number of methoxy groups -OCH3 is 1. The molecule has 0 bridgehead atoms. The third-order valence-electron chi connectivity index (χ3n) is 3.35. The first-order valence-electron chi connectivity index (χ1n) is 6.59. The first-order chi connectivity index (χ1) is 9.53. The molecule has 0 radical (unpaired) electrons. The zero-order chi connectivity index (χ0) is 14.6. The second-order valence-corrected chi connectivity index (χ2v) is 6.97. The largest absolute Gasteiger partial charge is 0.495 e. The average Bonchev–Trinajstić information content (AvgIpc) is 2.46. The molecule has 0 aliphatic carbocycles. The normalized spacial score (nSPS) is 19.8. The lowest BCUT2D eigenvalue weighted by Crippen LogP contribution is -2.43. The number of ether oxygens (including phenoxy) is 1. The van der Waals surface area contributed by atoms with Gasteiger partial charge >= 0.3 is 0 Å². The van der Waals surface area contributed by atoms with E-state index in [9.17, 15) is 8.42 Å². The maximum atomic E-state index is 12.3. The molecule has 0 spiro atoms. The van der Waals surface area contributed by atoms with Crippen LogP contribution in [0.4, 0.5) is 0 Å². The number of halogens is 1. The van der Waals surface area contributed by atoms with Crippen LogP contribution in [-0.4, -0.2) is 34.7 Å². The Morgan fingerprint density at radius 1 is 1.45 bits per heavy atom. The Kier molecular flexibility index (Phi) is 5.26. The molecule has 0 aromatic heterocycles. The molecule has 5 nitrogen and oxygen atoms in total. The zero-order valence-corrected chi connectivity index (χ0v) is 12.9. The van der Waals surface area contributed by atoms with E-state index in [1.165, 1.54) is 25.3 Å².